The van der Waals surface area contributed by atoms with Crippen LogP contribution < -0.4 is 15.4 Å². The molecule has 5 nitrogen and oxygen atoms in total. The van der Waals surface area contributed by atoms with E-state index in [4.69, 9.17) is 4.74 Å². The monoisotopic (exact) mass is 354 g/mol. The predicted molar refractivity (Wildman–Crippen MR) is 96.4 cm³/mol. The van der Waals surface area contributed by atoms with Gasteiger partial charge < -0.3 is 15.4 Å². The number of hydrogen-bond donors (Lipinski definition) is 2. The summed E-state index contributed by atoms with van der Waals surface area (Å²) in [6, 6.07) is 11.8. The van der Waals surface area contributed by atoms with E-state index >= 15 is 0 Å². The van der Waals surface area contributed by atoms with Crippen molar-refractivity contribution >= 4 is 17.9 Å². The van der Waals surface area contributed by atoms with E-state index in [1.54, 1.807) is 25.1 Å². The molecule has 2 N–H and O–H groups in total. The molecule has 0 spiro atoms. The number of carbonyl (C=O) groups is 2. The summed E-state index contributed by atoms with van der Waals surface area (Å²) in [6.07, 6.45) is 1.79. The maximum absolute atomic E-state index is 13.5. The van der Waals surface area contributed by atoms with Crippen molar-refractivity contribution in [1.29, 1.82) is 0 Å². The fraction of sp³-hybridized carbons (Fsp3) is 0.200. The Kier molecular flexibility index (Phi) is 5.31. The molecule has 0 saturated carbocycles. The van der Waals surface area contributed by atoms with Crippen molar-refractivity contribution in [2.24, 2.45) is 0 Å². The first-order valence-electron chi connectivity index (χ1n) is 8.29. The molecule has 1 aliphatic heterocycles. The summed E-state index contributed by atoms with van der Waals surface area (Å²) >= 11 is 0. The van der Waals surface area contributed by atoms with E-state index in [0.717, 1.165) is 11.3 Å². The van der Waals surface area contributed by atoms with Gasteiger partial charge in [-0.05, 0) is 36.8 Å². The molecule has 2 amide bonds. The van der Waals surface area contributed by atoms with Gasteiger partial charge in [0.2, 0.25) is 0 Å². The minimum atomic E-state index is -0.421. The van der Waals surface area contributed by atoms with Gasteiger partial charge in [0.1, 0.15) is 18.2 Å². The van der Waals surface area contributed by atoms with Gasteiger partial charge in [0.15, 0.2) is 0 Å². The van der Waals surface area contributed by atoms with Crippen molar-refractivity contribution in [3.05, 3.63) is 70.5 Å². The molecule has 0 saturated heterocycles. The van der Waals surface area contributed by atoms with Gasteiger partial charge in [-0.25, -0.2) is 4.39 Å². The lowest BCUT2D eigenvalue weighted by atomic mass is 10.1. The summed E-state index contributed by atoms with van der Waals surface area (Å²) < 4.78 is 19.0. The highest BCUT2D eigenvalue weighted by Gasteiger charge is 2.16. The molecule has 0 unspecified atom stereocenters. The second-order valence-electron chi connectivity index (χ2n) is 5.97. The number of aryl methyl sites for hydroxylation is 1. The molecule has 0 atom stereocenters. The molecule has 0 aliphatic carbocycles. The Hall–Kier alpha value is -3.15. The van der Waals surface area contributed by atoms with Crippen LogP contribution in [-0.2, 0) is 4.79 Å². The molecule has 0 fully saturated rings. The fourth-order valence-corrected chi connectivity index (χ4v) is 2.55. The molecule has 3 rings (SSSR count). The van der Waals surface area contributed by atoms with Gasteiger partial charge in [-0.2, -0.15) is 0 Å². The van der Waals surface area contributed by atoms with E-state index in [2.05, 4.69) is 10.6 Å². The molecular weight excluding hydrogens is 335 g/mol. The topological polar surface area (TPSA) is 67.4 Å². The normalized spacial score (nSPS) is 12.5. The number of amides is 2. The quantitative estimate of drug-likeness (QED) is 0.811. The van der Waals surface area contributed by atoms with Crippen LogP contribution in [0.3, 0.4) is 0 Å². The highest BCUT2D eigenvalue weighted by Crippen LogP contribution is 2.25. The fourth-order valence-electron chi connectivity index (χ4n) is 2.55. The van der Waals surface area contributed by atoms with Crippen molar-refractivity contribution in [3.8, 4) is 5.75 Å². The molecule has 0 aromatic heterocycles. The zero-order valence-corrected chi connectivity index (χ0v) is 14.3. The molecule has 6 heteroatoms. The Labute approximate surface area is 150 Å². The van der Waals surface area contributed by atoms with Crippen LogP contribution in [-0.4, -0.2) is 31.5 Å². The Morgan fingerprint density at radius 3 is 2.58 bits per heavy atom. The first kappa shape index (κ1) is 17.7. The van der Waals surface area contributed by atoms with E-state index < -0.39 is 5.82 Å². The number of nitrogens with one attached hydrogen (secondary N) is 2. The van der Waals surface area contributed by atoms with Crippen LogP contribution in [0.25, 0.3) is 6.08 Å². The van der Waals surface area contributed by atoms with Crippen LogP contribution in [0.1, 0.15) is 21.5 Å². The molecule has 0 bridgehead atoms. The molecular formula is C20H19FN2O3. The zero-order chi connectivity index (χ0) is 18.5. The molecule has 2 aromatic carbocycles. The van der Waals surface area contributed by atoms with E-state index in [1.807, 2.05) is 24.3 Å². The number of ether oxygens (including phenoxy) is 1. The van der Waals surface area contributed by atoms with Crippen molar-refractivity contribution in [2.45, 2.75) is 6.92 Å². The van der Waals surface area contributed by atoms with Crippen LogP contribution in [0.5, 0.6) is 5.75 Å². The highest BCUT2D eigenvalue weighted by molar-refractivity contribution is 5.99. The third-order valence-electron chi connectivity index (χ3n) is 4.05. The average molecular weight is 354 g/mol. The zero-order valence-electron chi connectivity index (χ0n) is 14.3. The van der Waals surface area contributed by atoms with Crippen molar-refractivity contribution in [1.82, 2.24) is 10.6 Å². The molecule has 26 heavy (non-hydrogen) atoms. The van der Waals surface area contributed by atoms with Gasteiger partial charge >= 0.3 is 0 Å². The summed E-state index contributed by atoms with van der Waals surface area (Å²) in [5, 5.41) is 5.38. The van der Waals surface area contributed by atoms with Crippen molar-refractivity contribution in [2.75, 3.05) is 19.7 Å². The third kappa shape index (κ3) is 4.08. The average Bonchev–Trinajstić information content (AvgIpc) is 2.66. The lowest BCUT2D eigenvalue weighted by Gasteiger charge is -2.17. The number of carbonyl (C=O) groups excluding carboxylic acids is 2. The highest BCUT2D eigenvalue weighted by atomic mass is 19.1. The SMILES string of the molecule is Cc1ccc(C(=O)NCCNC(=O)C2=Cc3ccccc3OC2)cc1F. The maximum atomic E-state index is 13.5. The third-order valence-corrected chi connectivity index (χ3v) is 4.05. The van der Waals surface area contributed by atoms with E-state index in [0.29, 0.717) is 11.1 Å². The number of benzene rings is 2. The Morgan fingerprint density at radius 2 is 1.81 bits per heavy atom. The summed E-state index contributed by atoms with van der Waals surface area (Å²) in [7, 11) is 0. The van der Waals surface area contributed by atoms with Gasteiger partial charge in [-0.1, -0.05) is 24.3 Å². The first-order valence-corrected chi connectivity index (χ1v) is 8.29. The second kappa shape index (κ2) is 7.82. The molecule has 0 radical (unpaired) electrons. The number of rotatable bonds is 5. The second-order valence-corrected chi connectivity index (χ2v) is 5.97. The number of para-hydroxylation sites is 1. The van der Waals surface area contributed by atoms with Crippen LogP contribution in [0.4, 0.5) is 4.39 Å². The summed E-state index contributed by atoms with van der Waals surface area (Å²) in [6.45, 7) is 2.34. The van der Waals surface area contributed by atoms with Gasteiger partial charge in [0, 0.05) is 24.2 Å². The largest absolute Gasteiger partial charge is 0.488 e. The standard InChI is InChI=1S/C20H19FN2O3/c1-13-6-7-15(11-17(13)21)19(24)22-8-9-23-20(25)16-10-14-4-2-3-5-18(14)26-12-16/h2-7,10-11H,8-9,12H2,1H3,(H,22,24)(H,23,25). The van der Waals surface area contributed by atoms with Crippen LogP contribution in [0.2, 0.25) is 0 Å². The summed E-state index contributed by atoms with van der Waals surface area (Å²) in [5.41, 5.74) is 2.12. The van der Waals surface area contributed by atoms with Gasteiger partial charge in [-0.3, -0.25) is 9.59 Å². The number of hydrogen-bond acceptors (Lipinski definition) is 3. The number of fused-ring (bicyclic) bond motifs is 1. The smallest absolute Gasteiger partial charge is 0.251 e. The molecule has 2 aromatic rings. The molecule has 1 heterocycles. The lowest BCUT2D eigenvalue weighted by molar-refractivity contribution is -0.117. The first-order chi connectivity index (χ1) is 12.5. The Bertz CT molecular complexity index is 877. The lowest BCUT2D eigenvalue weighted by Crippen LogP contribution is -2.36. The maximum Gasteiger partial charge on any atom is 0.251 e. The van der Waals surface area contributed by atoms with Gasteiger partial charge in [0.25, 0.3) is 11.8 Å². The minimum absolute atomic E-state index is 0.206. The van der Waals surface area contributed by atoms with Crippen molar-refractivity contribution < 1.29 is 18.7 Å². The Balaban J connectivity index is 1.48. The van der Waals surface area contributed by atoms with Crippen LogP contribution >= 0.6 is 0 Å². The number of halogens is 1. The molecule has 1 aliphatic rings. The van der Waals surface area contributed by atoms with Crippen LogP contribution in [0, 0.1) is 12.7 Å². The van der Waals surface area contributed by atoms with E-state index in [1.165, 1.54) is 6.07 Å². The minimum Gasteiger partial charge on any atom is -0.488 e. The van der Waals surface area contributed by atoms with E-state index in [9.17, 15) is 14.0 Å². The summed E-state index contributed by atoms with van der Waals surface area (Å²) in [4.78, 5) is 24.2. The van der Waals surface area contributed by atoms with Gasteiger partial charge in [0.05, 0.1) is 5.57 Å². The summed E-state index contributed by atoms with van der Waals surface area (Å²) in [5.74, 6) is -0.292. The van der Waals surface area contributed by atoms with Crippen molar-refractivity contribution in [3.63, 3.8) is 0 Å². The predicted octanol–water partition coefficient (Wildman–Crippen LogP) is 2.46. The Morgan fingerprint density at radius 1 is 1.08 bits per heavy atom. The van der Waals surface area contributed by atoms with Gasteiger partial charge in [-0.15, -0.1) is 0 Å². The molecule has 134 valence electrons. The van der Waals surface area contributed by atoms with Crippen LogP contribution in [0.15, 0.2) is 48.0 Å². The van der Waals surface area contributed by atoms with E-state index in [-0.39, 0.29) is 37.1 Å².